The lowest BCUT2D eigenvalue weighted by Crippen LogP contribution is -2.22. The summed E-state index contributed by atoms with van der Waals surface area (Å²) < 4.78 is 11.5. The van der Waals surface area contributed by atoms with Gasteiger partial charge >= 0.3 is 9.28 Å². The van der Waals surface area contributed by atoms with Crippen LogP contribution < -0.4 is 0 Å². The summed E-state index contributed by atoms with van der Waals surface area (Å²) >= 11 is 0. The van der Waals surface area contributed by atoms with E-state index in [-0.39, 0.29) is 0 Å². The fraction of sp³-hybridized carbons (Fsp3) is 1.00. The molecule has 0 aromatic rings. The van der Waals surface area contributed by atoms with E-state index in [1.807, 2.05) is 0 Å². The number of hydrogen-bond donors (Lipinski definition) is 0. The maximum Gasteiger partial charge on any atom is 0.310 e. The van der Waals surface area contributed by atoms with E-state index in [4.69, 9.17) is 8.54 Å². The molecule has 0 bridgehead atoms. The van der Waals surface area contributed by atoms with Crippen molar-refractivity contribution in [1.82, 2.24) is 0 Å². The fourth-order valence-electron chi connectivity index (χ4n) is 1.71. The van der Waals surface area contributed by atoms with Crippen LogP contribution >= 0.6 is 0 Å². The van der Waals surface area contributed by atoms with Gasteiger partial charge in [-0.25, -0.2) is 0 Å². The summed E-state index contributed by atoms with van der Waals surface area (Å²) in [7, 11) is -0.414. The summed E-state index contributed by atoms with van der Waals surface area (Å²) in [4.78, 5) is 0. The molecule has 1 atom stereocenters. The third-order valence-electron chi connectivity index (χ3n) is 2.79. The Hall–Kier alpha value is 0.354. The molecule has 0 amide bonds. The molecule has 0 rings (SSSR count). The van der Waals surface area contributed by atoms with Crippen molar-refractivity contribution >= 4 is 19.8 Å². The Morgan fingerprint density at radius 3 is 2.44 bits per heavy atom. The molecule has 0 aliphatic carbocycles. The van der Waals surface area contributed by atoms with Crippen molar-refractivity contribution in [3.05, 3.63) is 0 Å². The summed E-state index contributed by atoms with van der Waals surface area (Å²) in [6.07, 6.45) is 7.79. The van der Waals surface area contributed by atoms with Gasteiger partial charge < -0.3 is 8.54 Å². The highest BCUT2D eigenvalue weighted by molar-refractivity contribution is 6.48. The predicted molar refractivity (Wildman–Crippen MR) is 77.1 cm³/mol. The molecule has 4 heteroatoms. The number of hydrogen-bond acceptors (Lipinski definition) is 2. The maximum absolute atomic E-state index is 5.87. The van der Waals surface area contributed by atoms with Gasteiger partial charge in [-0.3, -0.25) is 0 Å². The lowest BCUT2D eigenvalue weighted by Gasteiger charge is -2.15. The zero-order valence-corrected chi connectivity index (χ0v) is 14.8. The van der Waals surface area contributed by atoms with Gasteiger partial charge in [0.2, 0.25) is 0 Å². The topological polar surface area (TPSA) is 18.5 Å². The summed E-state index contributed by atoms with van der Waals surface area (Å²) in [6, 6.07) is 1.21. The monoisotopic (exact) mass is 262 g/mol. The highest BCUT2D eigenvalue weighted by atomic mass is 28.3. The third-order valence-corrected chi connectivity index (χ3v) is 6.38. The van der Waals surface area contributed by atoms with E-state index in [0.717, 1.165) is 23.0 Å². The molecule has 0 aliphatic rings. The molecule has 16 heavy (non-hydrogen) atoms. The third kappa shape index (κ3) is 10.9. The summed E-state index contributed by atoms with van der Waals surface area (Å²) in [5.74, 6) is 0.796. The molecular formula is C12H30O2Si2. The van der Waals surface area contributed by atoms with Crippen LogP contribution in [0.15, 0.2) is 0 Å². The molecule has 98 valence electrons. The van der Waals surface area contributed by atoms with Crippen molar-refractivity contribution in [3.63, 3.8) is 0 Å². The molecule has 0 N–H and O–H groups in total. The van der Waals surface area contributed by atoms with Gasteiger partial charge in [0.15, 0.2) is 0 Å². The zero-order chi connectivity index (χ0) is 12.2. The Balaban J connectivity index is 3.36. The van der Waals surface area contributed by atoms with E-state index >= 15 is 0 Å². The average molecular weight is 263 g/mol. The van der Waals surface area contributed by atoms with Gasteiger partial charge in [-0.1, -0.05) is 46.5 Å². The maximum atomic E-state index is 5.87. The molecule has 0 aliphatic heterocycles. The summed E-state index contributed by atoms with van der Waals surface area (Å²) in [5, 5.41) is 0. The Morgan fingerprint density at radius 1 is 1.12 bits per heavy atom. The molecular weight excluding hydrogens is 232 g/mol. The Labute approximate surface area is 106 Å². The highest BCUT2D eigenvalue weighted by Crippen LogP contribution is 2.09. The van der Waals surface area contributed by atoms with Crippen molar-refractivity contribution < 1.29 is 8.54 Å². The molecule has 2 nitrogen and oxygen atoms in total. The van der Waals surface area contributed by atoms with Crippen LogP contribution in [0.5, 0.6) is 0 Å². The molecule has 0 aromatic carbocycles. The quantitative estimate of drug-likeness (QED) is 0.421. The van der Waals surface area contributed by atoms with Crippen LogP contribution in [0.25, 0.3) is 0 Å². The summed E-state index contributed by atoms with van der Waals surface area (Å²) in [5.41, 5.74) is 0. The van der Waals surface area contributed by atoms with E-state index in [1.165, 1.54) is 44.6 Å². The van der Waals surface area contributed by atoms with Crippen LogP contribution in [0.4, 0.5) is 0 Å². The van der Waals surface area contributed by atoms with Crippen molar-refractivity contribution in [3.8, 4) is 0 Å². The van der Waals surface area contributed by atoms with Crippen LogP contribution in [0.3, 0.4) is 0 Å². The Kier molecular flexibility index (Phi) is 12.1. The Bertz CT molecular complexity index is 143. The molecule has 0 saturated carbocycles. The van der Waals surface area contributed by atoms with Gasteiger partial charge in [0.05, 0.1) is 0 Å². The SMILES string of the molecule is CCCCCC[SiH](O[SiH3])OCCCC(C)C. The standard InChI is InChI=1S/C12H30O2Si2/c1-4-5-6-7-11-16(14-15)13-10-8-9-12(2)3/h12,16H,4-11H2,1-3,15H3. The molecule has 0 fully saturated rings. The number of unbranched alkanes of at least 4 members (excludes halogenated alkanes) is 3. The highest BCUT2D eigenvalue weighted by Gasteiger charge is 2.10. The first kappa shape index (κ1) is 16.4. The van der Waals surface area contributed by atoms with Crippen molar-refractivity contribution in [2.75, 3.05) is 6.61 Å². The number of rotatable bonds is 11. The first-order valence-electron chi connectivity index (χ1n) is 6.85. The van der Waals surface area contributed by atoms with E-state index < -0.39 is 9.28 Å². The lowest BCUT2D eigenvalue weighted by atomic mass is 10.1. The van der Waals surface area contributed by atoms with E-state index in [1.54, 1.807) is 0 Å². The van der Waals surface area contributed by atoms with Gasteiger partial charge in [0.25, 0.3) is 0 Å². The minimum Gasteiger partial charge on any atom is -0.447 e. The zero-order valence-electron chi connectivity index (χ0n) is 11.6. The normalized spacial score (nSPS) is 13.5. The molecule has 0 saturated heterocycles. The lowest BCUT2D eigenvalue weighted by molar-refractivity contribution is 0.255. The first-order chi connectivity index (χ1) is 7.70. The van der Waals surface area contributed by atoms with Crippen LogP contribution in [-0.4, -0.2) is 26.4 Å². The van der Waals surface area contributed by atoms with Crippen LogP contribution in [0.2, 0.25) is 6.04 Å². The van der Waals surface area contributed by atoms with Crippen molar-refractivity contribution in [2.45, 2.75) is 65.3 Å². The fourth-order valence-corrected chi connectivity index (χ4v) is 4.42. The van der Waals surface area contributed by atoms with E-state index in [2.05, 4.69) is 20.8 Å². The largest absolute Gasteiger partial charge is 0.447 e. The van der Waals surface area contributed by atoms with Gasteiger partial charge in [0.1, 0.15) is 10.5 Å². The van der Waals surface area contributed by atoms with Crippen molar-refractivity contribution in [2.24, 2.45) is 5.92 Å². The first-order valence-corrected chi connectivity index (χ1v) is 9.42. The average Bonchev–Trinajstić information content (AvgIpc) is 2.26. The van der Waals surface area contributed by atoms with E-state index in [0.29, 0.717) is 0 Å². The minimum atomic E-state index is -1.26. The second kappa shape index (κ2) is 11.8. The second-order valence-electron chi connectivity index (χ2n) is 4.92. The van der Waals surface area contributed by atoms with Crippen molar-refractivity contribution in [1.29, 1.82) is 0 Å². The molecule has 0 radical (unpaired) electrons. The molecule has 0 aromatic heterocycles. The van der Waals surface area contributed by atoms with E-state index in [9.17, 15) is 0 Å². The van der Waals surface area contributed by atoms with Gasteiger partial charge in [-0.05, 0) is 24.8 Å². The second-order valence-corrected chi connectivity index (χ2v) is 8.58. The predicted octanol–water partition coefficient (Wildman–Crippen LogP) is 2.54. The minimum absolute atomic E-state index is 0.796. The van der Waals surface area contributed by atoms with Gasteiger partial charge in [0, 0.05) is 6.61 Å². The van der Waals surface area contributed by atoms with Gasteiger partial charge in [-0.2, -0.15) is 0 Å². The molecule has 0 spiro atoms. The van der Waals surface area contributed by atoms with Crippen LogP contribution in [0, 0.1) is 5.92 Å². The Morgan fingerprint density at radius 2 is 1.88 bits per heavy atom. The van der Waals surface area contributed by atoms with Crippen LogP contribution in [0.1, 0.15) is 59.3 Å². The molecule has 1 unspecified atom stereocenters. The van der Waals surface area contributed by atoms with Gasteiger partial charge in [-0.15, -0.1) is 0 Å². The molecule has 0 heterocycles. The summed E-state index contributed by atoms with van der Waals surface area (Å²) in [6.45, 7) is 7.71. The smallest absolute Gasteiger partial charge is 0.310 e. The van der Waals surface area contributed by atoms with Crippen LogP contribution in [-0.2, 0) is 8.54 Å².